The lowest BCUT2D eigenvalue weighted by atomic mass is 10.2. The van der Waals surface area contributed by atoms with E-state index in [2.05, 4.69) is 20.3 Å². The molecule has 0 atom stereocenters. The van der Waals surface area contributed by atoms with Gasteiger partial charge in [0.1, 0.15) is 17.3 Å². The molecule has 2 heterocycles. The molecule has 2 N–H and O–H groups in total. The summed E-state index contributed by atoms with van der Waals surface area (Å²) >= 11 is 0. The van der Waals surface area contributed by atoms with E-state index in [-0.39, 0.29) is 5.92 Å². The lowest BCUT2D eigenvalue weighted by molar-refractivity contribution is 0.772. The van der Waals surface area contributed by atoms with Crippen molar-refractivity contribution in [2.75, 3.05) is 5.73 Å². The molecule has 0 aliphatic rings. The first-order valence-electron chi connectivity index (χ1n) is 6.76. The van der Waals surface area contributed by atoms with Gasteiger partial charge in [0, 0.05) is 12.0 Å². The Bertz CT molecular complexity index is 748. The topological polar surface area (TPSA) is 82.5 Å². The van der Waals surface area contributed by atoms with E-state index in [4.69, 9.17) is 5.73 Å². The molecule has 3 aromatic rings. The van der Waals surface area contributed by atoms with Gasteiger partial charge in [-0.1, -0.05) is 37.3 Å². The van der Waals surface area contributed by atoms with Gasteiger partial charge in [-0.05, 0) is 12.1 Å². The van der Waals surface area contributed by atoms with Crippen LogP contribution in [0.4, 0.5) is 5.82 Å². The molecule has 0 bridgehead atoms. The van der Waals surface area contributed by atoms with Crippen LogP contribution in [0.3, 0.4) is 0 Å². The average molecular weight is 280 g/mol. The standard InChI is InChI=1S/C15H16N6/c1-10(2)15-18-12(8-14(16)19-15)13-9-17-20-21(13)11-6-4-3-5-7-11/h3-10H,1-2H3,(H2,16,18,19). The zero-order valence-electron chi connectivity index (χ0n) is 11.9. The first kappa shape index (κ1) is 13.2. The minimum absolute atomic E-state index is 0.202. The van der Waals surface area contributed by atoms with Crippen LogP contribution in [0.25, 0.3) is 17.1 Å². The van der Waals surface area contributed by atoms with Gasteiger partial charge in [0.25, 0.3) is 0 Å². The third-order valence-electron chi connectivity index (χ3n) is 3.09. The summed E-state index contributed by atoms with van der Waals surface area (Å²) in [5.74, 6) is 1.36. The lowest BCUT2D eigenvalue weighted by Crippen LogP contribution is -2.05. The summed E-state index contributed by atoms with van der Waals surface area (Å²) in [7, 11) is 0. The highest BCUT2D eigenvalue weighted by molar-refractivity contribution is 5.59. The van der Waals surface area contributed by atoms with Crippen LogP contribution >= 0.6 is 0 Å². The summed E-state index contributed by atoms with van der Waals surface area (Å²) in [6.45, 7) is 4.07. The van der Waals surface area contributed by atoms with Crippen LogP contribution in [-0.2, 0) is 0 Å². The van der Waals surface area contributed by atoms with Gasteiger partial charge in [-0.3, -0.25) is 0 Å². The Morgan fingerprint density at radius 1 is 1.10 bits per heavy atom. The van der Waals surface area contributed by atoms with Crippen molar-refractivity contribution in [3.63, 3.8) is 0 Å². The fourth-order valence-electron chi connectivity index (χ4n) is 2.04. The van der Waals surface area contributed by atoms with E-state index in [0.717, 1.165) is 17.1 Å². The average Bonchev–Trinajstić information content (AvgIpc) is 2.97. The zero-order valence-corrected chi connectivity index (χ0v) is 11.9. The fraction of sp³-hybridized carbons (Fsp3) is 0.200. The highest BCUT2D eigenvalue weighted by Gasteiger charge is 2.13. The second kappa shape index (κ2) is 5.32. The molecule has 1 aromatic carbocycles. The van der Waals surface area contributed by atoms with Crippen LogP contribution in [0.5, 0.6) is 0 Å². The number of para-hydroxylation sites is 1. The third-order valence-corrected chi connectivity index (χ3v) is 3.09. The van der Waals surface area contributed by atoms with Crippen molar-refractivity contribution in [3.8, 4) is 17.1 Å². The van der Waals surface area contributed by atoms with Crippen molar-refractivity contribution in [1.29, 1.82) is 0 Å². The van der Waals surface area contributed by atoms with Crippen LogP contribution in [0.15, 0.2) is 42.6 Å². The van der Waals surface area contributed by atoms with Crippen LogP contribution in [0.2, 0.25) is 0 Å². The minimum atomic E-state index is 0.202. The molecule has 6 nitrogen and oxygen atoms in total. The SMILES string of the molecule is CC(C)c1nc(N)cc(-c2cnnn2-c2ccccc2)n1. The Morgan fingerprint density at radius 3 is 2.57 bits per heavy atom. The van der Waals surface area contributed by atoms with Gasteiger partial charge >= 0.3 is 0 Å². The molecule has 0 unspecified atom stereocenters. The molecule has 0 aliphatic heterocycles. The number of rotatable bonds is 3. The molecular weight excluding hydrogens is 264 g/mol. The molecule has 0 spiro atoms. The summed E-state index contributed by atoms with van der Waals surface area (Å²) in [6.07, 6.45) is 1.68. The highest BCUT2D eigenvalue weighted by Crippen LogP contribution is 2.22. The molecule has 0 saturated carbocycles. The largest absolute Gasteiger partial charge is 0.384 e. The normalized spacial score (nSPS) is 11.0. The lowest BCUT2D eigenvalue weighted by Gasteiger charge is -2.09. The van der Waals surface area contributed by atoms with E-state index in [9.17, 15) is 0 Å². The van der Waals surface area contributed by atoms with E-state index in [0.29, 0.717) is 11.6 Å². The third kappa shape index (κ3) is 2.60. The molecule has 3 rings (SSSR count). The number of nitrogen functional groups attached to an aromatic ring is 1. The quantitative estimate of drug-likeness (QED) is 0.796. The molecule has 0 aliphatic carbocycles. The monoisotopic (exact) mass is 280 g/mol. The maximum Gasteiger partial charge on any atom is 0.134 e. The smallest absolute Gasteiger partial charge is 0.134 e. The van der Waals surface area contributed by atoms with Crippen molar-refractivity contribution in [2.45, 2.75) is 19.8 Å². The fourth-order valence-corrected chi connectivity index (χ4v) is 2.04. The molecular formula is C15H16N6. The molecule has 6 heteroatoms. The Morgan fingerprint density at radius 2 is 1.86 bits per heavy atom. The van der Waals surface area contributed by atoms with Crippen LogP contribution < -0.4 is 5.73 Å². The Labute approximate surface area is 122 Å². The molecule has 2 aromatic heterocycles. The Hall–Kier alpha value is -2.76. The first-order chi connectivity index (χ1) is 10.1. The second-order valence-corrected chi connectivity index (χ2v) is 5.06. The van der Waals surface area contributed by atoms with E-state index in [1.807, 2.05) is 44.2 Å². The first-order valence-corrected chi connectivity index (χ1v) is 6.76. The van der Waals surface area contributed by atoms with E-state index < -0.39 is 0 Å². The van der Waals surface area contributed by atoms with Gasteiger partial charge in [0.2, 0.25) is 0 Å². The van der Waals surface area contributed by atoms with Gasteiger partial charge in [-0.25, -0.2) is 14.6 Å². The van der Waals surface area contributed by atoms with Gasteiger partial charge < -0.3 is 5.73 Å². The van der Waals surface area contributed by atoms with E-state index >= 15 is 0 Å². The van der Waals surface area contributed by atoms with Gasteiger partial charge in [-0.2, -0.15) is 0 Å². The predicted octanol–water partition coefficient (Wildman–Crippen LogP) is 2.43. The van der Waals surface area contributed by atoms with Gasteiger partial charge in [0.05, 0.1) is 17.6 Å². The van der Waals surface area contributed by atoms with Crippen LogP contribution in [-0.4, -0.2) is 25.0 Å². The second-order valence-electron chi connectivity index (χ2n) is 5.06. The summed E-state index contributed by atoms with van der Waals surface area (Å²) < 4.78 is 1.74. The number of nitrogens with two attached hydrogens (primary N) is 1. The van der Waals surface area contributed by atoms with Gasteiger partial charge in [0.15, 0.2) is 0 Å². The van der Waals surface area contributed by atoms with Gasteiger partial charge in [-0.15, -0.1) is 5.10 Å². The molecule has 0 radical (unpaired) electrons. The Kier molecular flexibility index (Phi) is 3.35. The summed E-state index contributed by atoms with van der Waals surface area (Å²) in [5.41, 5.74) is 8.33. The summed E-state index contributed by atoms with van der Waals surface area (Å²) in [6, 6.07) is 11.5. The minimum Gasteiger partial charge on any atom is -0.384 e. The predicted molar refractivity (Wildman–Crippen MR) is 80.9 cm³/mol. The number of nitrogens with zero attached hydrogens (tertiary/aromatic N) is 5. The van der Waals surface area contributed by atoms with Crippen molar-refractivity contribution < 1.29 is 0 Å². The molecule has 0 saturated heterocycles. The van der Waals surface area contributed by atoms with E-state index in [1.54, 1.807) is 16.9 Å². The Balaban J connectivity index is 2.12. The maximum absolute atomic E-state index is 5.89. The molecule has 0 fully saturated rings. The van der Waals surface area contributed by atoms with E-state index in [1.165, 1.54) is 0 Å². The van der Waals surface area contributed by atoms with Crippen molar-refractivity contribution >= 4 is 5.82 Å². The van der Waals surface area contributed by atoms with Crippen molar-refractivity contribution in [3.05, 3.63) is 48.4 Å². The summed E-state index contributed by atoms with van der Waals surface area (Å²) in [5, 5.41) is 8.12. The molecule has 106 valence electrons. The number of hydrogen-bond donors (Lipinski definition) is 1. The van der Waals surface area contributed by atoms with Crippen LogP contribution in [0, 0.1) is 0 Å². The highest BCUT2D eigenvalue weighted by atomic mass is 15.4. The van der Waals surface area contributed by atoms with Crippen molar-refractivity contribution in [1.82, 2.24) is 25.0 Å². The number of benzene rings is 1. The number of aromatic nitrogens is 5. The zero-order chi connectivity index (χ0) is 14.8. The molecule has 21 heavy (non-hydrogen) atoms. The summed E-state index contributed by atoms with van der Waals surface area (Å²) in [4.78, 5) is 8.83. The van der Waals surface area contributed by atoms with Crippen molar-refractivity contribution in [2.24, 2.45) is 0 Å². The number of hydrogen-bond acceptors (Lipinski definition) is 5. The number of anilines is 1. The maximum atomic E-state index is 5.89. The molecule has 0 amide bonds. The van der Waals surface area contributed by atoms with Crippen LogP contribution in [0.1, 0.15) is 25.6 Å².